The minimum atomic E-state index is -1.04. The van der Waals surface area contributed by atoms with Crippen molar-refractivity contribution in [1.29, 1.82) is 0 Å². The second-order valence-corrected chi connectivity index (χ2v) is 2.22. The van der Waals surface area contributed by atoms with Gasteiger partial charge in [-0.1, -0.05) is 26.2 Å². The van der Waals surface area contributed by atoms with Crippen LogP contribution in [-0.2, 0) is 0 Å². The molecule has 0 aliphatic carbocycles. The Morgan fingerprint density at radius 2 is 2.10 bits per heavy atom. The van der Waals surface area contributed by atoms with Crippen LogP contribution in [0.5, 0.6) is 0 Å². The van der Waals surface area contributed by atoms with Gasteiger partial charge < -0.3 is 5.11 Å². The van der Waals surface area contributed by atoms with E-state index in [1.54, 1.807) is 0 Å². The molecule has 0 saturated heterocycles. The summed E-state index contributed by atoms with van der Waals surface area (Å²) < 4.78 is 0. The van der Waals surface area contributed by atoms with E-state index in [1.165, 1.54) is 12.8 Å². The predicted molar refractivity (Wildman–Crippen MR) is 39.2 cm³/mol. The van der Waals surface area contributed by atoms with E-state index in [1.807, 2.05) is 0 Å². The summed E-state index contributed by atoms with van der Waals surface area (Å²) in [6.07, 6.45) is 3.30. The molecule has 1 radical (unpaired) electrons. The highest BCUT2D eigenvalue weighted by molar-refractivity contribution is 5.63. The number of carboxylic acid groups (broad SMARTS) is 1. The second-order valence-electron chi connectivity index (χ2n) is 2.22. The Labute approximate surface area is 61.4 Å². The van der Waals surface area contributed by atoms with Gasteiger partial charge in [0.2, 0.25) is 0 Å². The fourth-order valence-corrected chi connectivity index (χ4v) is 0.713. The maximum Gasteiger partial charge on any atom is 0.426 e. The van der Waals surface area contributed by atoms with Crippen LogP contribution in [0.4, 0.5) is 4.79 Å². The Balaban J connectivity index is 2.84. The Hall–Kier alpha value is -0.730. The van der Waals surface area contributed by atoms with Gasteiger partial charge in [0.15, 0.2) is 0 Å². The molecule has 0 heterocycles. The lowest BCUT2D eigenvalue weighted by Crippen LogP contribution is -2.13. The molecule has 0 aliphatic heterocycles. The maximum atomic E-state index is 9.87. The summed E-state index contributed by atoms with van der Waals surface area (Å²) in [5.74, 6) is 0. The third-order valence-electron chi connectivity index (χ3n) is 1.26. The summed E-state index contributed by atoms with van der Waals surface area (Å²) in [6, 6.07) is 0. The molecule has 3 heteroatoms. The first-order valence-corrected chi connectivity index (χ1v) is 3.67. The molecule has 10 heavy (non-hydrogen) atoms. The van der Waals surface area contributed by atoms with Crippen molar-refractivity contribution in [3.8, 4) is 0 Å². The van der Waals surface area contributed by atoms with Crippen molar-refractivity contribution in [3.05, 3.63) is 0 Å². The maximum absolute atomic E-state index is 9.87. The van der Waals surface area contributed by atoms with Crippen LogP contribution in [0, 0.1) is 0 Å². The van der Waals surface area contributed by atoms with Crippen LogP contribution in [0.1, 0.15) is 32.6 Å². The molecular weight excluding hydrogens is 130 g/mol. The van der Waals surface area contributed by atoms with Crippen molar-refractivity contribution >= 4 is 6.09 Å². The predicted octanol–water partition coefficient (Wildman–Crippen LogP) is 1.85. The monoisotopic (exact) mass is 144 g/mol. The van der Waals surface area contributed by atoms with Crippen LogP contribution in [0.15, 0.2) is 0 Å². The molecule has 0 rings (SSSR count). The zero-order chi connectivity index (χ0) is 7.82. The van der Waals surface area contributed by atoms with Crippen LogP contribution in [0.25, 0.3) is 0 Å². The minimum absolute atomic E-state index is 0.468. The molecule has 59 valence electrons. The fraction of sp³-hybridized carbons (Fsp3) is 0.857. The fourth-order valence-electron chi connectivity index (χ4n) is 0.713. The van der Waals surface area contributed by atoms with Crippen LogP contribution in [0.3, 0.4) is 0 Å². The molecule has 0 aromatic carbocycles. The summed E-state index contributed by atoms with van der Waals surface area (Å²) in [5, 5.41) is 11.4. The summed E-state index contributed by atoms with van der Waals surface area (Å²) in [6.45, 7) is 2.59. The summed E-state index contributed by atoms with van der Waals surface area (Å²) in [4.78, 5) is 9.87. The molecule has 0 aromatic rings. The van der Waals surface area contributed by atoms with E-state index in [2.05, 4.69) is 12.2 Å². The van der Waals surface area contributed by atoms with Crippen molar-refractivity contribution in [2.45, 2.75) is 32.6 Å². The quantitative estimate of drug-likeness (QED) is 0.598. The third-order valence-corrected chi connectivity index (χ3v) is 1.26. The molecule has 0 bridgehead atoms. The molecule has 0 spiro atoms. The first-order valence-electron chi connectivity index (χ1n) is 3.67. The van der Waals surface area contributed by atoms with Gasteiger partial charge >= 0.3 is 6.09 Å². The molecule has 1 amide bonds. The van der Waals surface area contributed by atoms with E-state index in [0.717, 1.165) is 12.8 Å². The lowest BCUT2D eigenvalue weighted by Gasteiger charge is -1.95. The van der Waals surface area contributed by atoms with Gasteiger partial charge in [0, 0.05) is 6.54 Å². The molecule has 0 aliphatic rings. The SMILES string of the molecule is CCCCCC[N]C(=O)O. The van der Waals surface area contributed by atoms with Crippen molar-refractivity contribution < 1.29 is 9.90 Å². The number of nitrogens with zero attached hydrogens (tertiary/aromatic N) is 1. The number of hydrogen-bond acceptors (Lipinski definition) is 1. The number of carbonyl (C=O) groups is 1. The van der Waals surface area contributed by atoms with Gasteiger partial charge in [-0.3, -0.25) is 0 Å². The van der Waals surface area contributed by atoms with E-state index < -0.39 is 6.09 Å². The summed E-state index contributed by atoms with van der Waals surface area (Å²) >= 11 is 0. The van der Waals surface area contributed by atoms with E-state index in [4.69, 9.17) is 5.11 Å². The molecule has 0 saturated carbocycles. The van der Waals surface area contributed by atoms with Crippen molar-refractivity contribution in [3.63, 3.8) is 0 Å². The highest BCUT2D eigenvalue weighted by Crippen LogP contribution is 1.96. The topological polar surface area (TPSA) is 51.4 Å². The molecule has 1 N–H and O–H groups in total. The van der Waals surface area contributed by atoms with Crippen molar-refractivity contribution in [2.75, 3.05) is 6.54 Å². The average molecular weight is 144 g/mol. The lowest BCUT2D eigenvalue weighted by atomic mass is 10.2. The van der Waals surface area contributed by atoms with Crippen LogP contribution < -0.4 is 5.32 Å². The average Bonchev–Trinajstić information content (AvgIpc) is 1.87. The van der Waals surface area contributed by atoms with Crippen molar-refractivity contribution in [2.24, 2.45) is 0 Å². The Morgan fingerprint density at radius 3 is 2.60 bits per heavy atom. The van der Waals surface area contributed by atoms with Gasteiger partial charge in [-0.15, -0.1) is 0 Å². The number of amides is 1. The Bertz CT molecular complexity index is 93.6. The molecule has 0 fully saturated rings. The van der Waals surface area contributed by atoms with Gasteiger partial charge in [0.1, 0.15) is 0 Å². The Kier molecular flexibility index (Phi) is 5.92. The van der Waals surface area contributed by atoms with Gasteiger partial charge in [-0.2, -0.15) is 0 Å². The van der Waals surface area contributed by atoms with Gasteiger partial charge in [-0.25, -0.2) is 10.1 Å². The number of unbranched alkanes of at least 4 members (excludes halogenated alkanes) is 3. The highest BCUT2D eigenvalue weighted by atomic mass is 16.4. The van der Waals surface area contributed by atoms with E-state index >= 15 is 0 Å². The third kappa shape index (κ3) is 7.27. The van der Waals surface area contributed by atoms with Gasteiger partial charge in [-0.05, 0) is 6.42 Å². The molecule has 0 aromatic heterocycles. The van der Waals surface area contributed by atoms with E-state index in [-0.39, 0.29) is 0 Å². The normalized spacial score (nSPS) is 9.30. The highest BCUT2D eigenvalue weighted by Gasteiger charge is 1.94. The number of rotatable bonds is 5. The zero-order valence-electron chi connectivity index (χ0n) is 6.34. The molecular formula is C7H14NO2. The van der Waals surface area contributed by atoms with Gasteiger partial charge in [0.25, 0.3) is 0 Å². The van der Waals surface area contributed by atoms with Crippen LogP contribution >= 0.6 is 0 Å². The molecule has 3 nitrogen and oxygen atoms in total. The summed E-state index contributed by atoms with van der Waals surface area (Å²) in [7, 11) is 0. The molecule has 0 atom stereocenters. The second kappa shape index (κ2) is 6.39. The first-order chi connectivity index (χ1) is 4.77. The standard InChI is InChI=1S/C7H14NO2/c1-2-3-4-5-6-8-7(9)10/h2-6H2,1H3,(H,9,10). The smallest absolute Gasteiger partial charge is 0.426 e. The largest absolute Gasteiger partial charge is 0.464 e. The Morgan fingerprint density at radius 1 is 1.40 bits per heavy atom. The molecule has 0 unspecified atom stereocenters. The first kappa shape index (κ1) is 9.27. The van der Waals surface area contributed by atoms with Crippen LogP contribution in [0.2, 0.25) is 0 Å². The van der Waals surface area contributed by atoms with Gasteiger partial charge in [0.05, 0.1) is 0 Å². The zero-order valence-corrected chi connectivity index (χ0v) is 6.34. The number of hydrogen-bond donors (Lipinski definition) is 1. The summed E-state index contributed by atoms with van der Waals surface area (Å²) in [5.41, 5.74) is 0. The van der Waals surface area contributed by atoms with E-state index in [9.17, 15) is 4.79 Å². The lowest BCUT2D eigenvalue weighted by molar-refractivity contribution is 0.193. The van der Waals surface area contributed by atoms with Crippen LogP contribution in [-0.4, -0.2) is 17.7 Å². The minimum Gasteiger partial charge on any atom is -0.464 e. The van der Waals surface area contributed by atoms with Crippen molar-refractivity contribution in [1.82, 2.24) is 5.32 Å². The van der Waals surface area contributed by atoms with E-state index in [0.29, 0.717) is 6.54 Å².